The quantitative estimate of drug-likeness (QED) is 0.132. The Labute approximate surface area is 215 Å². The summed E-state index contributed by atoms with van der Waals surface area (Å²) in [6.45, 7) is 2.62. The number of carbonyl (C=O) groups excluding carboxylic acids is 2. The Morgan fingerprint density at radius 1 is 1.03 bits per heavy atom. The number of nitrogens with zero attached hydrogens (tertiary/aromatic N) is 2. The Morgan fingerprint density at radius 2 is 1.73 bits per heavy atom. The summed E-state index contributed by atoms with van der Waals surface area (Å²) in [5.41, 5.74) is 1.05. The van der Waals surface area contributed by atoms with Crippen LogP contribution in [-0.2, 0) is 9.59 Å². The van der Waals surface area contributed by atoms with Crippen molar-refractivity contribution in [2.75, 3.05) is 11.5 Å². The van der Waals surface area contributed by atoms with Crippen molar-refractivity contribution in [2.24, 2.45) is 0 Å². The molecule has 0 radical (unpaired) electrons. The van der Waals surface area contributed by atoms with Crippen LogP contribution in [0.25, 0.3) is 16.0 Å². The number of ether oxygens (including phenoxy) is 1. The van der Waals surface area contributed by atoms with Crippen LogP contribution in [0.1, 0.15) is 36.9 Å². The zero-order valence-corrected chi connectivity index (χ0v) is 20.6. The van der Waals surface area contributed by atoms with Crippen LogP contribution in [0, 0.1) is 11.6 Å². The maximum absolute atomic E-state index is 13.8. The van der Waals surface area contributed by atoms with Gasteiger partial charge in [0, 0.05) is 5.56 Å². The third-order valence-corrected chi connectivity index (χ3v) is 7.09. The van der Waals surface area contributed by atoms with Crippen molar-refractivity contribution in [3.63, 3.8) is 0 Å². The van der Waals surface area contributed by atoms with E-state index in [0.29, 0.717) is 28.1 Å². The third-order valence-electron chi connectivity index (χ3n) is 6.07. The van der Waals surface area contributed by atoms with E-state index in [2.05, 4.69) is 11.9 Å². The maximum Gasteiger partial charge on any atom is 0.301 e. The van der Waals surface area contributed by atoms with Crippen LogP contribution in [-0.4, -0.2) is 28.4 Å². The Bertz CT molecular complexity index is 1510. The van der Waals surface area contributed by atoms with Crippen LogP contribution in [0.3, 0.4) is 0 Å². The highest BCUT2D eigenvalue weighted by Gasteiger charge is 2.48. The monoisotopic (exact) mass is 520 g/mol. The minimum Gasteiger partial charge on any atom is -0.507 e. The van der Waals surface area contributed by atoms with Gasteiger partial charge in [0.1, 0.15) is 23.1 Å². The van der Waals surface area contributed by atoms with Gasteiger partial charge >= 0.3 is 5.91 Å². The molecule has 4 aromatic rings. The number of aliphatic hydroxyl groups excluding tert-OH is 1. The first-order valence-corrected chi connectivity index (χ1v) is 12.5. The summed E-state index contributed by atoms with van der Waals surface area (Å²) in [5.74, 6) is -2.54. The fourth-order valence-corrected chi connectivity index (χ4v) is 5.20. The second kappa shape index (κ2) is 10.1. The van der Waals surface area contributed by atoms with Gasteiger partial charge < -0.3 is 9.84 Å². The molecule has 9 heteroatoms. The molecule has 188 valence electrons. The molecule has 1 aliphatic rings. The van der Waals surface area contributed by atoms with Crippen molar-refractivity contribution in [3.05, 3.63) is 95.1 Å². The SMILES string of the molecule is CCCCOc1ccc(C2C(=C(O)c3ccc(F)cc3)C(=O)C(=O)N2c2nc3ccc(F)cc3s2)cc1. The number of anilines is 1. The van der Waals surface area contributed by atoms with Gasteiger partial charge in [0.05, 0.1) is 28.4 Å². The number of thiazole rings is 1. The number of aliphatic hydroxyl groups is 1. The highest BCUT2D eigenvalue weighted by molar-refractivity contribution is 7.22. The molecule has 1 saturated heterocycles. The standard InChI is InChI=1S/C28H22F2N2O4S/c1-2-3-14-36-20-11-6-16(7-12-20)24-23(25(33)17-4-8-18(29)9-5-17)26(34)27(35)32(24)28-31-21-13-10-19(30)15-22(21)37-28/h4-13,15,24,33H,2-3,14H2,1H3. The number of halogens is 2. The summed E-state index contributed by atoms with van der Waals surface area (Å²) in [6.07, 6.45) is 1.89. The van der Waals surface area contributed by atoms with Gasteiger partial charge in [-0.2, -0.15) is 0 Å². The Morgan fingerprint density at radius 3 is 2.43 bits per heavy atom. The second-order valence-corrected chi connectivity index (χ2v) is 9.56. The fraction of sp³-hybridized carbons (Fsp3) is 0.179. The van der Waals surface area contributed by atoms with Gasteiger partial charge in [-0.1, -0.05) is 36.8 Å². The van der Waals surface area contributed by atoms with E-state index >= 15 is 0 Å². The Balaban J connectivity index is 1.64. The molecule has 2 heterocycles. The molecule has 0 bridgehead atoms. The van der Waals surface area contributed by atoms with E-state index in [-0.39, 0.29) is 16.3 Å². The summed E-state index contributed by atoms with van der Waals surface area (Å²) in [7, 11) is 0. The molecule has 0 aliphatic carbocycles. The number of rotatable bonds is 7. The Kier molecular flexibility index (Phi) is 6.71. The number of unbranched alkanes of at least 4 members (excludes halogenated alkanes) is 1. The van der Waals surface area contributed by atoms with E-state index in [9.17, 15) is 23.5 Å². The minimum absolute atomic E-state index is 0.151. The van der Waals surface area contributed by atoms with Gasteiger partial charge in [0.2, 0.25) is 0 Å². The van der Waals surface area contributed by atoms with Gasteiger partial charge in [-0.25, -0.2) is 13.8 Å². The second-order valence-electron chi connectivity index (χ2n) is 8.56. The molecular formula is C28H22F2N2O4S. The molecule has 1 aliphatic heterocycles. The van der Waals surface area contributed by atoms with Crippen LogP contribution < -0.4 is 9.64 Å². The zero-order chi connectivity index (χ0) is 26.1. The summed E-state index contributed by atoms with van der Waals surface area (Å²) in [5, 5.41) is 11.3. The topological polar surface area (TPSA) is 79.7 Å². The molecule has 1 aromatic heterocycles. The van der Waals surface area contributed by atoms with Crippen LogP contribution in [0.5, 0.6) is 5.75 Å². The number of fused-ring (bicyclic) bond motifs is 1. The third kappa shape index (κ3) is 4.70. The molecule has 0 spiro atoms. The normalized spacial score (nSPS) is 17.1. The minimum atomic E-state index is -1.01. The van der Waals surface area contributed by atoms with Crippen molar-refractivity contribution in [1.29, 1.82) is 0 Å². The highest BCUT2D eigenvalue weighted by atomic mass is 32.1. The van der Waals surface area contributed by atoms with Crippen LogP contribution in [0.4, 0.5) is 13.9 Å². The average molecular weight is 521 g/mol. The van der Waals surface area contributed by atoms with Crippen molar-refractivity contribution >= 4 is 44.1 Å². The lowest BCUT2D eigenvalue weighted by molar-refractivity contribution is -0.132. The van der Waals surface area contributed by atoms with E-state index < -0.39 is 35.1 Å². The highest BCUT2D eigenvalue weighted by Crippen LogP contribution is 2.44. The van der Waals surface area contributed by atoms with Gasteiger partial charge in [-0.05, 0) is 66.6 Å². The predicted octanol–water partition coefficient (Wildman–Crippen LogP) is 6.38. The van der Waals surface area contributed by atoms with E-state index in [1.165, 1.54) is 35.2 Å². The molecule has 1 unspecified atom stereocenters. The molecule has 6 nitrogen and oxygen atoms in total. The maximum atomic E-state index is 13.8. The number of amides is 1. The number of Topliss-reactive ketones (excluding diaryl/α,β-unsaturated/α-hetero) is 1. The molecular weight excluding hydrogens is 498 g/mol. The van der Waals surface area contributed by atoms with Crippen molar-refractivity contribution in [2.45, 2.75) is 25.8 Å². The molecule has 1 atom stereocenters. The van der Waals surface area contributed by atoms with Crippen molar-refractivity contribution in [1.82, 2.24) is 4.98 Å². The lowest BCUT2D eigenvalue weighted by Crippen LogP contribution is -2.29. The molecule has 1 N–H and O–H groups in total. The van der Waals surface area contributed by atoms with Crippen LogP contribution >= 0.6 is 11.3 Å². The molecule has 37 heavy (non-hydrogen) atoms. The number of benzene rings is 3. The molecule has 1 fully saturated rings. The van der Waals surface area contributed by atoms with Crippen molar-refractivity contribution < 1.29 is 28.2 Å². The number of hydrogen-bond acceptors (Lipinski definition) is 6. The molecule has 5 rings (SSSR count). The van der Waals surface area contributed by atoms with Crippen LogP contribution in [0.15, 0.2) is 72.3 Å². The van der Waals surface area contributed by atoms with Gasteiger partial charge in [-0.15, -0.1) is 0 Å². The fourth-order valence-electron chi connectivity index (χ4n) is 4.18. The first-order valence-electron chi connectivity index (χ1n) is 11.7. The van der Waals surface area contributed by atoms with Gasteiger partial charge in [0.25, 0.3) is 5.78 Å². The van der Waals surface area contributed by atoms with E-state index in [4.69, 9.17) is 4.74 Å². The molecule has 3 aromatic carbocycles. The summed E-state index contributed by atoms with van der Waals surface area (Å²) in [6, 6.07) is 14.9. The van der Waals surface area contributed by atoms with E-state index in [0.717, 1.165) is 36.3 Å². The summed E-state index contributed by atoms with van der Waals surface area (Å²) < 4.78 is 33.5. The first kappa shape index (κ1) is 24.6. The molecule has 0 saturated carbocycles. The largest absolute Gasteiger partial charge is 0.507 e. The predicted molar refractivity (Wildman–Crippen MR) is 138 cm³/mol. The first-order chi connectivity index (χ1) is 17.9. The van der Waals surface area contributed by atoms with Gasteiger partial charge in [0.15, 0.2) is 5.13 Å². The average Bonchev–Trinajstić information content (AvgIpc) is 3.42. The number of ketones is 1. The molecule has 1 amide bonds. The van der Waals surface area contributed by atoms with E-state index in [1.807, 2.05) is 0 Å². The van der Waals surface area contributed by atoms with Crippen LogP contribution in [0.2, 0.25) is 0 Å². The zero-order valence-electron chi connectivity index (χ0n) is 19.8. The van der Waals surface area contributed by atoms with E-state index in [1.54, 1.807) is 24.3 Å². The Hall–Kier alpha value is -4.11. The van der Waals surface area contributed by atoms with Gasteiger partial charge in [-0.3, -0.25) is 14.5 Å². The summed E-state index contributed by atoms with van der Waals surface area (Å²) >= 11 is 1.06. The number of carbonyl (C=O) groups is 2. The smallest absolute Gasteiger partial charge is 0.301 e. The number of hydrogen-bond donors (Lipinski definition) is 1. The lowest BCUT2D eigenvalue weighted by atomic mass is 9.95. The lowest BCUT2D eigenvalue weighted by Gasteiger charge is -2.23. The van der Waals surface area contributed by atoms with Crippen molar-refractivity contribution in [3.8, 4) is 5.75 Å². The number of aromatic nitrogens is 1. The summed E-state index contributed by atoms with van der Waals surface area (Å²) in [4.78, 5) is 32.3.